The van der Waals surface area contributed by atoms with Crippen molar-refractivity contribution in [3.05, 3.63) is 18.1 Å². The van der Waals surface area contributed by atoms with E-state index in [1.807, 2.05) is 0 Å². The molecule has 1 amide bonds. The third-order valence-electron chi connectivity index (χ3n) is 1.50. The summed E-state index contributed by atoms with van der Waals surface area (Å²) < 4.78 is 10.1. The Balaban J connectivity index is 2.51. The second-order valence-electron chi connectivity index (χ2n) is 4.13. The number of ether oxygens (including phenoxy) is 1. The van der Waals surface area contributed by atoms with Crippen LogP contribution in [0.2, 0.25) is 0 Å². The maximum atomic E-state index is 11.3. The fraction of sp³-hybridized carbons (Fsp3) is 0.500. The van der Waals surface area contributed by atoms with Crippen molar-refractivity contribution in [3.8, 4) is 0 Å². The molecule has 5 heteroatoms. The van der Waals surface area contributed by atoms with Crippen LogP contribution in [0.1, 0.15) is 26.5 Å². The van der Waals surface area contributed by atoms with E-state index in [0.29, 0.717) is 18.0 Å². The summed E-state index contributed by atoms with van der Waals surface area (Å²) in [5.74, 6) is 0.612. The topological polar surface area (TPSA) is 77.5 Å². The van der Waals surface area contributed by atoms with Crippen LogP contribution in [0.4, 0.5) is 10.5 Å². The number of amides is 1. The Kier molecular flexibility index (Phi) is 3.36. The molecule has 0 aliphatic heterocycles. The van der Waals surface area contributed by atoms with Crippen molar-refractivity contribution < 1.29 is 13.9 Å². The molecule has 15 heavy (non-hydrogen) atoms. The minimum Gasteiger partial charge on any atom is -0.466 e. The van der Waals surface area contributed by atoms with Crippen molar-refractivity contribution in [1.29, 1.82) is 0 Å². The lowest BCUT2D eigenvalue weighted by Gasteiger charge is -2.19. The van der Waals surface area contributed by atoms with E-state index in [2.05, 4.69) is 5.32 Å². The zero-order chi connectivity index (χ0) is 11.5. The highest BCUT2D eigenvalue weighted by molar-refractivity contribution is 5.84. The van der Waals surface area contributed by atoms with E-state index in [4.69, 9.17) is 14.9 Å². The summed E-state index contributed by atoms with van der Waals surface area (Å²) in [6.07, 6.45) is 0.915. The van der Waals surface area contributed by atoms with Crippen LogP contribution in [0.3, 0.4) is 0 Å². The molecule has 0 bridgehead atoms. The van der Waals surface area contributed by atoms with Crippen molar-refractivity contribution >= 4 is 11.8 Å². The van der Waals surface area contributed by atoms with Crippen molar-refractivity contribution in [3.63, 3.8) is 0 Å². The second kappa shape index (κ2) is 4.35. The molecule has 5 nitrogen and oxygen atoms in total. The van der Waals surface area contributed by atoms with E-state index in [-0.39, 0.29) is 0 Å². The van der Waals surface area contributed by atoms with Crippen molar-refractivity contribution in [2.24, 2.45) is 5.73 Å². The highest BCUT2D eigenvalue weighted by Crippen LogP contribution is 2.14. The molecule has 0 radical (unpaired) electrons. The number of carbonyl (C=O) groups is 1. The highest BCUT2D eigenvalue weighted by atomic mass is 16.6. The molecule has 0 fully saturated rings. The van der Waals surface area contributed by atoms with Crippen LogP contribution >= 0.6 is 0 Å². The molecule has 0 aromatic carbocycles. The number of rotatable bonds is 2. The van der Waals surface area contributed by atoms with Gasteiger partial charge in [0.25, 0.3) is 0 Å². The Morgan fingerprint density at radius 2 is 2.27 bits per heavy atom. The lowest BCUT2D eigenvalue weighted by atomic mass is 10.2. The number of carbonyl (C=O) groups excluding carboxylic acids is 1. The minimum atomic E-state index is -0.509. The first-order valence-corrected chi connectivity index (χ1v) is 4.68. The SMILES string of the molecule is CC(C)(C)OC(=O)Nc1coc(CN)c1. The molecule has 1 heterocycles. The lowest BCUT2D eigenvalue weighted by molar-refractivity contribution is 0.0636. The summed E-state index contributed by atoms with van der Waals surface area (Å²) in [7, 11) is 0. The minimum absolute atomic E-state index is 0.302. The molecular formula is C10H16N2O3. The normalized spacial score (nSPS) is 11.2. The third kappa shape index (κ3) is 4.03. The van der Waals surface area contributed by atoms with Gasteiger partial charge >= 0.3 is 6.09 Å². The van der Waals surface area contributed by atoms with Crippen LogP contribution in [0.25, 0.3) is 0 Å². The number of hydrogen-bond acceptors (Lipinski definition) is 4. The molecule has 0 aliphatic carbocycles. The van der Waals surface area contributed by atoms with Gasteiger partial charge in [0.05, 0.1) is 12.2 Å². The second-order valence-corrected chi connectivity index (χ2v) is 4.13. The number of furan rings is 1. The maximum absolute atomic E-state index is 11.3. The molecule has 0 saturated heterocycles. The molecule has 0 saturated carbocycles. The average Bonchev–Trinajstić information content (AvgIpc) is 2.48. The standard InChI is InChI=1S/C10H16N2O3/c1-10(2,3)15-9(13)12-7-4-8(5-11)14-6-7/h4,6H,5,11H2,1-3H3,(H,12,13). The van der Waals surface area contributed by atoms with E-state index in [0.717, 1.165) is 0 Å². The van der Waals surface area contributed by atoms with Gasteiger partial charge in [-0.2, -0.15) is 0 Å². The summed E-state index contributed by atoms with van der Waals surface area (Å²) in [5, 5.41) is 2.54. The monoisotopic (exact) mass is 212 g/mol. The van der Waals surface area contributed by atoms with Gasteiger partial charge in [-0.3, -0.25) is 5.32 Å². The van der Waals surface area contributed by atoms with E-state index in [9.17, 15) is 4.79 Å². The molecule has 3 N–H and O–H groups in total. The number of hydrogen-bond donors (Lipinski definition) is 2. The first-order valence-electron chi connectivity index (χ1n) is 4.68. The molecule has 0 unspecified atom stereocenters. The summed E-state index contributed by atoms with van der Waals surface area (Å²) in [5.41, 5.74) is 5.39. The molecule has 0 aliphatic rings. The third-order valence-corrected chi connectivity index (χ3v) is 1.50. The Bertz CT molecular complexity index is 339. The van der Waals surface area contributed by atoms with Gasteiger partial charge in [-0.1, -0.05) is 0 Å². The van der Waals surface area contributed by atoms with Gasteiger partial charge in [0, 0.05) is 6.07 Å². The summed E-state index contributed by atoms with van der Waals surface area (Å²) in [6, 6.07) is 1.66. The Morgan fingerprint density at radius 3 is 2.73 bits per heavy atom. The smallest absolute Gasteiger partial charge is 0.412 e. The average molecular weight is 212 g/mol. The largest absolute Gasteiger partial charge is 0.466 e. The van der Waals surface area contributed by atoms with Crippen molar-refractivity contribution in [2.45, 2.75) is 32.9 Å². The molecule has 1 aromatic rings. The van der Waals surface area contributed by atoms with Crippen LogP contribution < -0.4 is 11.1 Å². The Hall–Kier alpha value is -1.49. The highest BCUT2D eigenvalue weighted by Gasteiger charge is 2.16. The number of nitrogens with one attached hydrogen (secondary N) is 1. The van der Waals surface area contributed by atoms with Gasteiger partial charge < -0.3 is 14.9 Å². The quantitative estimate of drug-likeness (QED) is 0.786. The Labute approximate surface area is 88.6 Å². The van der Waals surface area contributed by atoms with Gasteiger partial charge in [-0.05, 0) is 20.8 Å². The molecule has 1 aromatic heterocycles. The van der Waals surface area contributed by atoms with E-state index in [1.54, 1.807) is 26.8 Å². The zero-order valence-electron chi connectivity index (χ0n) is 9.16. The van der Waals surface area contributed by atoms with Gasteiger partial charge in [0.15, 0.2) is 0 Å². The number of anilines is 1. The Morgan fingerprint density at radius 1 is 1.60 bits per heavy atom. The fourth-order valence-corrected chi connectivity index (χ4v) is 0.975. The molecular weight excluding hydrogens is 196 g/mol. The summed E-state index contributed by atoms with van der Waals surface area (Å²) >= 11 is 0. The van der Waals surface area contributed by atoms with Crippen molar-refractivity contribution in [1.82, 2.24) is 0 Å². The van der Waals surface area contributed by atoms with E-state index in [1.165, 1.54) is 6.26 Å². The van der Waals surface area contributed by atoms with Crippen LogP contribution in [-0.2, 0) is 11.3 Å². The lowest BCUT2D eigenvalue weighted by Crippen LogP contribution is -2.27. The van der Waals surface area contributed by atoms with E-state index < -0.39 is 11.7 Å². The first kappa shape index (κ1) is 11.6. The van der Waals surface area contributed by atoms with Crippen LogP contribution in [0.15, 0.2) is 16.7 Å². The van der Waals surface area contributed by atoms with Gasteiger partial charge in [-0.15, -0.1) is 0 Å². The molecule has 0 atom stereocenters. The molecule has 84 valence electrons. The zero-order valence-corrected chi connectivity index (χ0v) is 9.16. The predicted molar refractivity (Wildman–Crippen MR) is 56.5 cm³/mol. The van der Waals surface area contributed by atoms with Gasteiger partial charge in [0.1, 0.15) is 17.6 Å². The maximum Gasteiger partial charge on any atom is 0.412 e. The van der Waals surface area contributed by atoms with Gasteiger partial charge in [0.2, 0.25) is 0 Å². The van der Waals surface area contributed by atoms with Crippen molar-refractivity contribution in [2.75, 3.05) is 5.32 Å². The fourth-order valence-electron chi connectivity index (χ4n) is 0.975. The van der Waals surface area contributed by atoms with Crippen LogP contribution in [0, 0.1) is 0 Å². The molecule has 1 rings (SSSR count). The summed E-state index contributed by atoms with van der Waals surface area (Å²) in [4.78, 5) is 11.3. The van der Waals surface area contributed by atoms with Crippen LogP contribution in [-0.4, -0.2) is 11.7 Å². The van der Waals surface area contributed by atoms with Gasteiger partial charge in [-0.25, -0.2) is 4.79 Å². The molecule has 0 spiro atoms. The van der Waals surface area contributed by atoms with Crippen LogP contribution in [0.5, 0.6) is 0 Å². The first-order chi connectivity index (χ1) is 6.90. The van der Waals surface area contributed by atoms with E-state index >= 15 is 0 Å². The number of nitrogens with two attached hydrogens (primary N) is 1. The summed E-state index contributed by atoms with van der Waals surface area (Å²) in [6.45, 7) is 5.70. The predicted octanol–water partition coefficient (Wildman–Crippen LogP) is 2.09.